The monoisotopic (exact) mass is 182 g/mol. The average Bonchev–Trinajstić information content (AvgIpc) is 2.89. The SMILES string of the molecule is O=CCCN1CCN(C2CC2)C1=O. The van der Waals surface area contributed by atoms with Gasteiger partial charge in [-0.3, -0.25) is 0 Å². The van der Waals surface area contributed by atoms with Gasteiger partial charge in [-0.2, -0.15) is 0 Å². The van der Waals surface area contributed by atoms with Crippen molar-refractivity contribution in [1.82, 2.24) is 9.80 Å². The van der Waals surface area contributed by atoms with E-state index in [-0.39, 0.29) is 6.03 Å². The summed E-state index contributed by atoms with van der Waals surface area (Å²) in [6.45, 7) is 2.23. The molecule has 0 radical (unpaired) electrons. The van der Waals surface area contributed by atoms with E-state index >= 15 is 0 Å². The molecule has 1 saturated heterocycles. The van der Waals surface area contributed by atoms with Gasteiger partial charge in [0.25, 0.3) is 0 Å². The van der Waals surface area contributed by atoms with Gasteiger partial charge < -0.3 is 14.6 Å². The van der Waals surface area contributed by atoms with Crippen LogP contribution >= 0.6 is 0 Å². The van der Waals surface area contributed by atoms with E-state index in [1.165, 1.54) is 0 Å². The van der Waals surface area contributed by atoms with E-state index in [9.17, 15) is 9.59 Å². The lowest BCUT2D eigenvalue weighted by Crippen LogP contribution is -2.33. The highest BCUT2D eigenvalue weighted by Crippen LogP contribution is 2.29. The van der Waals surface area contributed by atoms with Crippen molar-refractivity contribution in [3.8, 4) is 0 Å². The Labute approximate surface area is 77.5 Å². The van der Waals surface area contributed by atoms with Gasteiger partial charge in [-0.05, 0) is 12.8 Å². The lowest BCUT2D eigenvalue weighted by atomic mass is 10.4. The number of aldehydes is 1. The highest BCUT2D eigenvalue weighted by molar-refractivity contribution is 5.77. The van der Waals surface area contributed by atoms with E-state index < -0.39 is 0 Å². The van der Waals surface area contributed by atoms with Gasteiger partial charge in [0, 0.05) is 32.1 Å². The minimum atomic E-state index is 0.129. The summed E-state index contributed by atoms with van der Waals surface area (Å²) in [5, 5.41) is 0. The molecule has 4 heteroatoms. The van der Waals surface area contributed by atoms with Crippen molar-refractivity contribution in [2.45, 2.75) is 25.3 Å². The zero-order valence-electron chi connectivity index (χ0n) is 7.61. The molecule has 4 nitrogen and oxygen atoms in total. The molecule has 1 aliphatic carbocycles. The van der Waals surface area contributed by atoms with E-state index in [0.717, 1.165) is 32.2 Å². The van der Waals surface area contributed by atoms with Crippen LogP contribution in [-0.2, 0) is 4.79 Å². The molecule has 2 aliphatic rings. The Kier molecular flexibility index (Phi) is 2.20. The number of amides is 2. The minimum Gasteiger partial charge on any atom is -0.322 e. The molecule has 72 valence electrons. The fraction of sp³-hybridized carbons (Fsp3) is 0.778. The molecule has 13 heavy (non-hydrogen) atoms. The van der Waals surface area contributed by atoms with Crippen LogP contribution in [0.15, 0.2) is 0 Å². The van der Waals surface area contributed by atoms with Gasteiger partial charge in [-0.15, -0.1) is 0 Å². The molecule has 2 amide bonds. The van der Waals surface area contributed by atoms with Gasteiger partial charge in [-0.25, -0.2) is 4.79 Å². The molecule has 1 aliphatic heterocycles. The number of rotatable bonds is 4. The normalized spacial score (nSPS) is 22.6. The highest BCUT2D eigenvalue weighted by Gasteiger charge is 2.38. The van der Waals surface area contributed by atoms with E-state index in [1.54, 1.807) is 4.90 Å². The van der Waals surface area contributed by atoms with Crippen LogP contribution in [0.4, 0.5) is 4.79 Å². The first kappa shape index (κ1) is 8.53. The Hall–Kier alpha value is -1.06. The van der Waals surface area contributed by atoms with Crippen LogP contribution in [0.3, 0.4) is 0 Å². The molecule has 1 heterocycles. The average molecular weight is 182 g/mol. The second-order valence-corrected chi connectivity index (χ2v) is 3.65. The third-order valence-electron chi connectivity index (χ3n) is 2.63. The molecule has 1 saturated carbocycles. The molecule has 0 spiro atoms. The van der Waals surface area contributed by atoms with Crippen molar-refractivity contribution in [2.24, 2.45) is 0 Å². The zero-order valence-corrected chi connectivity index (χ0v) is 7.61. The predicted molar refractivity (Wildman–Crippen MR) is 47.4 cm³/mol. The molecule has 0 aromatic rings. The van der Waals surface area contributed by atoms with Crippen LogP contribution in [0.1, 0.15) is 19.3 Å². The number of nitrogens with zero attached hydrogens (tertiary/aromatic N) is 2. The lowest BCUT2D eigenvalue weighted by Gasteiger charge is -2.16. The van der Waals surface area contributed by atoms with Crippen LogP contribution < -0.4 is 0 Å². The Morgan fingerprint density at radius 2 is 2.15 bits per heavy atom. The first-order chi connectivity index (χ1) is 6.33. The third-order valence-corrected chi connectivity index (χ3v) is 2.63. The maximum absolute atomic E-state index is 11.6. The zero-order chi connectivity index (χ0) is 9.26. The fourth-order valence-corrected chi connectivity index (χ4v) is 1.74. The van der Waals surface area contributed by atoms with Crippen LogP contribution in [-0.4, -0.2) is 47.8 Å². The summed E-state index contributed by atoms with van der Waals surface area (Å²) < 4.78 is 0. The third kappa shape index (κ3) is 1.66. The number of hydrogen-bond acceptors (Lipinski definition) is 2. The van der Waals surface area contributed by atoms with Crippen molar-refractivity contribution in [1.29, 1.82) is 0 Å². The van der Waals surface area contributed by atoms with E-state index in [0.29, 0.717) is 19.0 Å². The molecule has 2 rings (SSSR count). The Balaban J connectivity index is 1.86. The summed E-state index contributed by atoms with van der Waals surface area (Å²) in [6, 6.07) is 0.637. The van der Waals surface area contributed by atoms with Gasteiger partial charge in [0.05, 0.1) is 0 Å². The molecular formula is C9H14N2O2. The summed E-state index contributed by atoms with van der Waals surface area (Å²) in [7, 11) is 0. The summed E-state index contributed by atoms with van der Waals surface area (Å²) in [5.74, 6) is 0. The molecule has 0 atom stereocenters. The molecule has 0 unspecified atom stereocenters. The minimum absolute atomic E-state index is 0.129. The van der Waals surface area contributed by atoms with Crippen LogP contribution in [0.5, 0.6) is 0 Å². The standard InChI is InChI=1S/C9H14N2O2/c12-7-1-4-10-5-6-11(9(10)13)8-2-3-8/h7-8H,1-6H2. The smallest absolute Gasteiger partial charge is 0.320 e. The van der Waals surface area contributed by atoms with E-state index in [4.69, 9.17) is 0 Å². The molecular weight excluding hydrogens is 168 g/mol. The van der Waals surface area contributed by atoms with E-state index in [2.05, 4.69) is 0 Å². The van der Waals surface area contributed by atoms with Gasteiger partial charge in [0.1, 0.15) is 6.29 Å². The number of hydrogen-bond donors (Lipinski definition) is 0. The fourth-order valence-electron chi connectivity index (χ4n) is 1.74. The van der Waals surface area contributed by atoms with Crippen molar-refractivity contribution in [3.63, 3.8) is 0 Å². The highest BCUT2D eigenvalue weighted by atomic mass is 16.2. The second kappa shape index (κ2) is 3.36. The van der Waals surface area contributed by atoms with Crippen LogP contribution in [0.2, 0.25) is 0 Å². The Morgan fingerprint density at radius 3 is 2.77 bits per heavy atom. The van der Waals surface area contributed by atoms with Crippen molar-refractivity contribution in [3.05, 3.63) is 0 Å². The quantitative estimate of drug-likeness (QED) is 0.593. The molecule has 0 N–H and O–H groups in total. The maximum Gasteiger partial charge on any atom is 0.320 e. The summed E-state index contributed by atoms with van der Waals surface area (Å²) in [6.07, 6.45) is 3.65. The first-order valence-corrected chi connectivity index (χ1v) is 4.82. The Bertz CT molecular complexity index is 226. The van der Waals surface area contributed by atoms with Crippen LogP contribution in [0, 0.1) is 0 Å². The first-order valence-electron chi connectivity index (χ1n) is 4.82. The maximum atomic E-state index is 11.6. The van der Waals surface area contributed by atoms with Crippen LogP contribution in [0.25, 0.3) is 0 Å². The molecule has 0 aromatic carbocycles. The second-order valence-electron chi connectivity index (χ2n) is 3.65. The summed E-state index contributed by atoms with van der Waals surface area (Å²) in [5.41, 5.74) is 0. The molecule has 2 fully saturated rings. The van der Waals surface area contributed by atoms with Gasteiger partial charge >= 0.3 is 6.03 Å². The largest absolute Gasteiger partial charge is 0.322 e. The summed E-state index contributed by atoms with van der Waals surface area (Å²) in [4.78, 5) is 25.5. The molecule has 0 aromatic heterocycles. The lowest BCUT2D eigenvalue weighted by molar-refractivity contribution is -0.108. The van der Waals surface area contributed by atoms with Gasteiger partial charge in [0.2, 0.25) is 0 Å². The number of urea groups is 1. The number of carbonyl (C=O) groups excluding carboxylic acids is 2. The van der Waals surface area contributed by atoms with Crippen molar-refractivity contribution < 1.29 is 9.59 Å². The van der Waals surface area contributed by atoms with Crippen molar-refractivity contribution in [2.75, 3.05) is 19.6 Å². The van der Waals surface area contributed by atoms with Gasteiger partial charge in [0.15, 0.2) is 0 Å². The summed E-state index contributed by atoms with van der Waals surface area (Å²) >= 11 is 0. The van der Waals surface area contributed by atoms with E-state index in [1.807, 2.05) is 4.90 Å². The number of carbonyl (C=O) groups is 2. The van der Waals surface area contributed by atoms with Gasteiger partial charge in [-0.1, -0.05) is 0 Å². The topological polar surface area (TPSA) is 40.6 Å². The predicted octanol–water partition coefficient (Wildman–Crippen LogP) is 0.475. The molecule has 0 bridgehead atoms. The Morgan fingerprint density at radius 1 is 1.38 bits per heavy atom. The van der Waals surface area contributed by atoms with Crippen molar-refractivity contribution >= 4 is 12.3 Å².